The van der Waals surface area contributed by atoms with Crippen LogP contribution in [0.25, 0.3) is 31.7 Å². The molecule has 0 unspecified atom stereocenters. The molecule has 0 spiro atoms. The Hall–Kier alpha value is -3.31. The molecule has 1 N–H and O–H groups in total. The standard InChI is InChI=1S/C26H22N4S/c1-3-8-17(9-4-1)14-15-27-25-24-23(28-16-29-25)21-19-12-7-13-20(19)22(30-26(21)31-24)18-10-5-2-6-11-18/h1-6,8-11,16H,7,12-15H2,(H,27,28,29). The van der Waals surface area contributed by atoms with Gasteiger partial charge in [0, 0.05) is 17.5 Å². The van der Waals surface area contributed by atoms with E-state index in [9.17, 15) is 0 Å². The molecule has 4 nitrogen and oxygen atoms in total. The lowest BCUT2D eigenvalue weighted by Crippen LogP contribution is -2.06. The van der Waals surface area contributed by atoms with E-state index in [0.29, 0.717) is 0 Å². The largest absolute Gasteiger partial charge is 0.368 e. The van der Waals surface area contributed by atoms with Crippen molar-refractivity contribution in [3.8, 4) is 11.3 Å². The lowest BCUT2D eigenvalue weighted by atomic mass is 10.0. The van der Waals surface area contributed by atoms with Gasteiger partial charge in [-0.1, -0.05) is 60.7 Å². The van der Waals surface area contributed by atoms with Gasteiger partial charge in [0.1, 0.15) is 17.0 Å². The van der Waals surface area contributed by atoms with E-state index in [2.05, 4.69) is 71.0 Å². The van der Waals surface area contributed by atoms with Crippen LogP contribution in [-0.2, 0) is 19.3 Å². The Morgan fingerprint density at radius 1 is 0.871 bits per heavy atom. The third kappa shape index (κ3) is 3.26. The average molecular weight is 423 g/mol. The van der Waals surface area contributed by atoms with Gasteiger partial charge in [-0.3, -0.25) is 0 Å². The molecule has 31 heavy (non-hydrogen) atoms. The number of aryl methyl sites for hydroxylation is 1. The summed E-state index contributed by atoms with van der Waals surface area (Å²) in [5.74, 6) is 0.914. The van der Waals surface area contributed by atoms with Crippen LogP contribution in [0.5, 0.6) is 0 Å². The molecular formula is C26H22N4S. The molecule has 0 radical (unpaired) electrons. The Kier molecular flexibility index (Phi) is 4.61. The molecule has 0 saturated carbocycles. The second kappa shape index (κ2) is 7.75. The van der Waals surface area contributed by atoms with Crippen LogP contribution in [-0.4, -0.2) is 21.5 Å². The highest BCUT2D eigenvalue weighted by atomic mass is 32.1. The van der Waals surface area contributed by atoms with Crippen LogP contribution in [0.2, 0.25) is 0 Å². The second-order valence-corrected chi connectivity index (χ2v) is 8.98. The predicted molar refractivity (Wildman–Crippen MR) is 129 cm³/mol. The molecule has 0 aliphatic heterocycles. The first kappa shape index (κ1) is 18.5. The minimum absolute atomic E-state index is 0.838. The summed E-state index contributed by atoms with van der Waals surface area (Å²) in [5, 5.41) is 4.78. The zero-order valence-corrected chi connectivity index (χ0v) is 18.0. The molecule has 0 fully saturated rings. The summed E-state index contributed by atoms with van der Waals surface area (Å²) in [6, 6.07) is 21.1. The molecule has 2 aromatic carbocycles. The molecule has 6 rings (SSSR count). The topological polar surface area (TPSA) is 50.7 Å². The number of pyridine rings is 1. The van der Waals surface area contributed by atoms with Crippen molar-refractivity contribution >= 4 is 37.6 Å². The van der Waals surface area contributed by atoms with Crippen LogP contribution in [0.4, 0.5) is 5.82 Å². The molecule has 5 aromatic rings. The highest BCUT2D eigenvalue weighted by Crippen LogP contribution is 2.43. The molecule has 0 amide bonds. The van der Waals surface area contributed by atoms with E-state index in [1.165, 1.54) is 34.1 Å². The zero-order chi connectivity index (χ0) is 20.6. The molecular weight excluding hydrogens is 400 g/mol. The Balaban J connectivity index is 1.43. The van der Waals surface area contributed by atoms with Gasteiger partial charge in [0.15, 0.2) is 0 Å². The van der Waals surface area contributed by atoms with E-state index in [4.69, 9.17) is 9.97 Å². The van der Waals surface area contributed by atoms with Crippen molar-refractivity contribution in [1.82, 2.24) is 15.0 Å². The van der Waals surface area contributed by atoms with Crippen LogP contribution >= 0.6 is 11.3 Å². The van der Waals surface area contributed by atoms with Gasteiger partial charge in [-0.05, 0) is 42.4 Å². The van der Waals surface area contributed by atoms with E-state index < -0.39 is 0 Å². The number of nitrogens with one attached hydrogen (secondary N) is 1. The fraction of sp³-hybridized carbons (Fsp3) is 0.192. The van der Waals surface area contributed by atoms with Crippen molar-refractivity contribution in [2.45, 2.75) is 25.7 Å². The van der Waals surface area contributed by atoms with Crippen molar-refractivity contribution in [3.05, 3.63) is 83.7 Å². The van der Waals surface area contributed by atoms with Gasteiger partial charge >= 0.3 is 0 Å². The van der Waals surface area contributed by atoms with E-state index in [1.54, 1.807) is 17.7 Å². The molecule has 1 aliphatic rings. The summed E-state index contributed by atoms with van der Waals surface area (Å²) >= 11 is 1.71. The fourth-order valence-electron chi connectivity index (χ4n) is 4.63. The number of hydrogen-bond donors (Lipinski definition) is 1. The average Bonchev–Trinajstić information content (AvgIpc) is 3.45. The van der Waals surface area contributed by atoms with Gasteiger partial charge in [-0.15, -0.1) is 11.3 Å². The smallest absolute Gasteiger partial charge is 0.147 e. The zero-order valence-electron chi connectivity index (χ0n) is 17.1. The number of hydrogen-bond acceptors (Lipinski definition) is 5. The Labute approximate surface area is 185 Å². The van der Waals surface area contributed by atoms with Gasteiger partial charge < -0.3 is 5.32 Å². The summed E-state index contributed by atoms with van der Waals surface area (Å²) in [7, 11) is 0. The third-order valence-electron chi connectivity index (χ3n) is 6.07. The number of fused-ring (bicyclic) bond motifs is 5. The number of benzene rings is 2. The van der Waals surface area contributed by atoms with Crippen molar-refractivity contribution in [2.24, 2.45) is 0 Å². The SMILES string of the molecule is c1ccc(CCNc2ncnc3c2sc2nc(-c4ccccc4)c4c(c23)CCC4)cc1. The van der Waals surface area contributed by atoms with E-state index >= 15 is 0 Å². The van der Waals surface area contributed by atoms with E-state index in [-0.39, 0.29) is 0 Å². The van der Waals surface area contributed by atoms with Crippen LogP contribution in [0, 0.1) is 0 Å². The number of nitrogens with zero attached hydrogens (tertiary/aromatic N) is 3. The van der Waals surface area contributed by atoms with Gasteiger partial charge in [0.25, 0.3) is 0 Å². The molecule has 0 atom stereocenters. The lowest BCUT2D eigenvalue weighted by Gasteiger charge is -2.09. The molecule has 1 aliphatic carbocycles. The molecule has 0 bridgehead atoms. The van der Waals surface area contributed by atoms with Crippen molar-refractivity contribution in [3.63, 3.8) is 0 Å². The number of thiophene rings is 1. The summed E-state index contributed by atoms with van der Waals surface area (Å²) < 4.78 is 1.11. The highest BCUT2D eigenvalue weighted by Gasteiger charge is 2.24. The van der Waals surface area contributed by atoms with Crippen LogP contribution in [0.3, 0.4) is 0 Å². The van der Waals surface area contributed by atoms with Crippen LogP contribution in [0.1, 0.15) is 23.1 Å². The van der Waals surface area contributed by atoms with Gasteiger partial charge in [0.05, 0.1) is 15.9 Å². The van der Waals surface area contributed by atoms with E-state index in [1.807, 2.05) is 0 Å². The maximum Gasteiger partial charge on any atom is 0.147 e. The Morgan fingerprint density at radius 3 is 2.48 bits per heavy atom. The van der Waals surface area contributed by atoms with Crippen LogP contribution < -0.4 is 5.32 Å². The molecule has 0 saturated heterocycles. The molecule has 152 valence electrons. The summed E-state index contributed by atoms with van der Waals surface area (Å²) in [6.45, 7) is 0.838. The number of rotatable bonds is 5. The maximum absolute atomic E-state index is 5.15. The van der Waals surface area contributed by atoms with Gasteiger partial charge in [-0.25, -0.2) is 15.0 Å². The minimum Gasteiger partial charge on any atom is -0.368 e. The summed E-state index contributed by atoms with van der Waals surface area (Å²) in [4.78, 5) is 15.5. The summed E-state index contributed by atoms with van der Waals surface area (Å²) in [6.07, 6.45) is 6.02. The third-order valence-corrected chi connectivity index (χ3v) is 7.15. The lowest BCUT2D eigenvalue weighted by molar-refractivity contribution is 0.913. The van der Waals surface area contributed by atoms with Crippen LogP contribution in [0.15, 0.2) is 67.0 Å². The van der Waals surface area contributed by atoms with Gasteiger partial charge in [-0.2, -0.15) is 0 Å². The first-order valence-corrected chi connectivity index (χ1v) is 11.6. The fourth-order valence-corrected chi connectivity index (χ4v) is 5.75. The second-order valence-electron chi connectivity index (χ2n) is 7.98. The van der Waals surface area contributed by atoms with Gasteiger partial charge in [0.2, 0.25) is 0 Å². The Bertz CT molecular complexity index is 1380. The predicted octanol–water partition coefficient (Wildman–Crippen LogP) is 6.05. The normalized spacial score (nSPS) is 13.0. The number of anilines is 1. The first-order chi connectivity index (χ1) is 15.4. The molecule has 5 heteroatoms. The minimum atomic E-state index is 0.838. The number of aromatic nitrogens is 3. The van der Waals surface area contributed by atoms with Crippen molar-refractivity contribution < 1.29 is 0 Å². The monoisotopic (exact) mass is 422 g/mol. The summed E-state index contributed by atoms with van der Waals surface area (Å²) in [5.41, 5.74) is 7.54. The molecule has 3 aromatic heterocycles. The maximum atomic E-state index is 5.15. The Morgan fingerprint density at radius 2 is 1.65 bits per heavy atom. The van der Waals surface area contributed by atoms with Crippen molar-refractivity contribution in [1.29, 1.82) is 0 Å². The first-order valence-electron chi connectivity index (χ1n) is 10.8. The van der Waals surface area contributed by atoms with E-state index in [0.717, 1.165) is 52.4 Å². The quantitative estimate of drug-likeness (QED) is 0.375. The highest BCUT2D eigenvalue weighted by molar-refractivity contribution is 7.26. The van der Waals surface area contributed by atoms with Crippen molar-refractivity contribution in [2.75, 3.05) is 11.9 Å². The molecule has 3 heterocycles.